The number of rotatable bonds is 6. The quantitative estimate of drug-likeness (QED) is 0.570. The Morgan fingerprint density at radius 1 is 1.50 bits per heavy atom. The van der Waals surface area contributed by atoms with Crippen LogP contribution in [0.4, 0.5) is 0 Å². The molecule has 1 aromatic heterocycles. The first kappa shape index (κ1) is 18.8. The number of carbonyl (C=O) groups is 1. The second kappa shape index (κ2) is 9.11. The molecule has 0 spiro atoms. The van der Waals surface area contributed by atoms with Crippen molar-refractivity contribution in [1.82, 2.24) is 15.5 Å². The molecule has 2 heterocycles. The van der Waals surface area contributed by atoms with Gasteiger partial charge in [0.2, 0.25) is 5.91 Å². The molecular weight excluding hydrogens is 372 g/mol. The van der Waals surface area contributed by atoms with Gasteiger partial charge in [0, 0.05) is 44.6 Å². The van der Waals surface area contributed by atoms with Gasteiger partial charge in [-0.25, -0.2) is 0 Å². The van der Waals surface area contributed by atoms with Gasteiger partial charge in [-0.15, -0.1) is 0 Å². The van der Waals surface area contributed by atoms with Crippen LogP contribution in [0.25, 0.3) is 0 Å². The zero-order chi connectivity index (χ0) is 17.5. The third-order valence-corrected chi connectivity index (χ3v) is 4.36. The summed E-state index contributed by atoms with van der Waals surface area (Å²) in [6.45, 7) is 8.95. The molecule has 6 nitrogen and oxygen atoms in total. The van der Waals surface area contributed by atoms with Crippen LogP contribution in [0.15, 0.2) is 26.2 Å². The minimum absolute atomic E-state index is 0.0540. The Balaban J connectivity index is 1.84. The summed E-state index contributed by atoms with van der Waals surface area (Å²) in [6, 6.07) is 4.09. The third kappa shape index (κ3) is 5.54. The lowest BCUT2D eigenvalue weighted by Gasteiger charge is -2.20. The van der Waals surface area contributed by atoms with Crippen LogP contribution in [0.3, 0.4) is 0 Å². The fourth-order valence-electron chi connectivity index (χ4n) is 2.72. The molecule has 2 N–H and O–H groups in total. The maximum atomic E-state index is 12.1. The molecule has 0 bridgehead atoms. The maximum Gasteiger partial charge on any atom is 0.225 e. The highest BCUT2D eigenvalue weighted by Gasteiger charge is 2.27. The van der Waals surface area contributed by atoms with Gasteiger partial charge >= 0.3 is 0 Å². The molecule has 2 rings (SSSR count). The van der Waals surface area contributed by atoms with E-state index < -0.39 is 0 Å². The lowest BCUT2D eigenvalue weighted by molar-refractivity contribution is -0.133. The molecule has 1 aromatic rings. The Morgan fingerprint density at radius 2 is 2.29 bits per heavy atom. The largest absolute Gasteiger partial charge is 0.454 e. The predicted octanol–water partition coefficient (Wildman–Crippen LogP) is 2.40. The molecule has 0 saturated carbocycles. The number of hydrogen-bond acceptors (Lipinski definition) is 3. The van der Waals surface area contributed by atoms with Gasteiger partial charge < -0.3 is 20.0 Å². The number of guanidine groups is 1. The molecule has 1 atom stereocenters. The van der Waals surface area contributed by atoms with Gasteiger partial charge in [-0.05, 0) is 41.4 Å². The number of nitrogens with one attached hydrogen (secondary N) is 2. The molecule has 24 heavy (non-hydrogen) atoms. The van der Waals surface area contributed by atoms with E-state index in [1.807, 2.05) is 37.8 Å². The number of nitrogens with zero attached hydrogens (tertiary/aromatic N) is 2. The summed E-state index contributed by atoms with van der Waals surface area (Å²) < 4.78 is 6.23. The molecule has 134 valence electrons. The van der Waals surface area contributed by atoms with Gasteiger partial charge in [0.05, 0.1) is 0 Å². The molecule has 1 aliphatic rings. The van der Waals surface area contributed by atoms with E-state index in [-0.39, 0.29) is 17.9 Å². The van der Waals surface area contributed by atoms with Crippen LogP contribution in [0.5, 0.6) is 0 Å². The second-order valence-corrected chi connectivity index (χ2v) is 7.07. The Labute approximate surface area is 152 Å². The van der Waals surface area contributed by atoms with E-state index in [4.69, 9.17) is 4.42 Å². The van der Waals surface area contributed by atoms with Crippen molar-refractivity contribution in [2.75, 3.05) is 26.2 Å². The van der Waals surface area contributed by atoms with E-state index in [1.54, 1.807) is 0 Å². The van der Waals surface area contributed by atoms with Gasteiger partial charge in [-0.3, -0.25) is 9.79 Å². The number of aliphatic imine (C=N–C) groups is 1. The van der Waals surface area contributed by atoms with Gasteiger partial charge in [0.15, 0.2) is 10.6 Å². The van der Waals surface area contributed by atoms with Crippen molar-refractivity contribution in [3.63, 3.8) is 0 Å². The van der Waals surface area contributed by atoms with Crippen molar-refractivity contribution in [3.05, 3.63) is 22.6 Å². The SMILES string of the molecule is CCNC(=NCCc1ccc(Br)o1)NC1CCN(C(=O)C(C)C)C1. The summed E-state index contributed by atoms with van der Waals surface area (Å²) in [6.07, 6.45) is 1.71. The second-order valence-electron chi connectivity index (χ2n) is 6.29. The van der Waals surface area contributed by atoms with Crippen LogP contribution >= 0.6 is 15.9 Å². The average Bonchev–Trinajstić information content (AvgIpc) is 3.16. The van der Waals surface area contributed by atoms with Gasteiger partial charge in [-0.1, -0.05) is 13.8 Å². The normalized spacial score (nSPS) is 18.3. The summed E-state index contributed by atoms with van der Waals surface area (Å²) in [5.41, 5.74) is 0. The number of amides is 1. The Morgan fingerprint density at radius 3 is 2.92 bits per heavy atom. The monoisotopic (exact) mass is 398 g/mol. The molecule has 1 saturated heterocycles. The highest BCUT2D eigenvalue weighted by Crippen LogP contribution is 2.14. The van der Waals surface area contributed by atoms with Crippen molar-refractivity contribution >= 4 is 27.8 Å². The molecule has 7 heteroatoms. The van der Waals surface area contributed by atoms with Gasteiger partial charge in [-0.2, -0.15) is 0 Å². The molecule has 0 aliphatic carbocycles. The maximum absolute atomic E-state index is 12.1. The van der Waals surface area contributed by atoms with Crippen LogP contribution in [-0.4, -0.2) is 49.0 Å². The minimum atomic E-state index is 0.0540. The van der Waals surface area contributed by atoms with Gasteiger partial charge in [0.25, 0.3) is 0 Å². The summed E-state index contributed by atoms with van der Waals surface area (Å²) in [5, 5.41) is 6.70. The van der Waals surface area contributed by atoms with Crippen LogP contribution in [0.1, 0.15) is 33.0 Å². The lowest BCUT2D eigenvalue weighted by Crippen LogP contribution is -2.45. The van der Waals surface area contributed by atoms with Crippen molar-refractivity contribution in [3.8, 4) is 0 Å². The van der Waals surface area contributed by atoms with Crippen molar-refractivity contribution in [2.24, 2.45) is 10.9 Å². The molecule has 1 fully saturated rings. The highest BCUT2D eigenvalue weighted by atomic mass is 79.9. The molecular formula is C17H27BrN4O2. The summed E-state index contributed by atoms with van der Waals surface area (Å²) in [7, 11) is 0. The first-order chi connectivity index (χ1) is 11.5. The topological polar surface area (TPSA) is 69.9 Å². The van der Waals surface area contributed by atoms with Crippen molar-refractivity contribution < 1.29 is 9.21 Å². The van der Waals surface area contributed by atoms with E-state index in [0.29, 0.717) is 6.54 Å². The molecule has 1 amide bonds. The van der Waals surface area contributed by atoms with Gasteiger partial charge in [0.1, 0.15) is 5.76 Å². The lowest BCUT2D eigenvalue weighted by atomic mass is 10.2. The zero-order valence-electron chi connectivity index (χ0n) is 14.6. The molecule has 1 aliphatic heterocycles. The fraction of sp³-hybridized carbons (Fsp3) is 0.647. The minimum Gasteiger partial charge on any atom is -0.454 e. The average molecular weight is 399 g/mol. The summed E-state index contributed by atoms with van der Waals surface area (Å²) in [5.74, 6) is 1.99. The van der Waals surface area contributed by atoms with E-state index in [1.165, 1.54) is 0 Å². The van der Waals surface area contributed by atoms with E-state index in [0.717, 1.165) is 48.9 Å². The standard InChI is InChI=1S/C17H27BrN4O2/c1-4-19-17(20-9-7-14-5-6-15(18)24-14)21-13-8-10-22(11-13)16(23)12(2)3/h5-6,12-13H,4,7-11H2,1-3H3,(H2,19,20,21). The first-order valence-corrected chi connectivity index (χ1v) is 9.36. The summed E-state index contributed by atoms with van der Waals surface area (Å²) in [4.78, 5) is 18.6. The highest BCUT2D eigenvalue weighted by molar-refractivity contribution is 9.10. The number of carbonyl (C=O) groups excluding carboxylic acids is 1. The first-order valence-electron chi connectivity index (χ1n) is 8.57. The fourth-order valence-corrected chi connectivity index (χ4v) is 3.06. The molecule has 1 unspecified atom stereocenters. The van der Waals surface area contributed by atoms with Crippen LogP contribution in [0.2, 0.25) is 0 Å². The Bertz CT molecular complexity index is 571. The smallest absolute Gasteiger partial charge is 0.225 e. The van der Waals surface area contributed by atoms with Crippen molar-refractivity contribution in [1.29, 1.82) is 0 Å². The van der Waals surface area contributed by atoms with Crippen molar-refractivity contribution in [2.45, 2.75) is 39.7 Å². The number of furan rings is 1. The van der Waals surface area contributed by atoms with E-state index >= 15 is 0 Å². The number of likely N-dealkylation sites (tertiary alicyclic amines) is 1. The summed E-state index contributed by atoms with van der Waals surface area (Å²) >= 11 is 3.30. The van der Waals surface area contributed by atoms with Crippen LogP contribution < -0.4 is 10.6 Å². The van der Waals surface area contributed by atoms with Crippen LogP contribution in [0, 0.1) is 5.92 Å². The van der Waals surface area contributed by atoms with E-state index in [2.05, 4.69) is 31.6 Å². The van der Waals surface area contributed by atoms with Crippen LogP contribution in [-0.2, 0) is 11.2 Å². The molecule has 0 radical (unpaired) electrons. The Kier molecular flexibility index (Phi) is 7.15. The predicted molar refractivity (Wildman–Crippen MR) is 99.0 cm³/mol. The number of halogens is 1. The Hall–Kier alpha value is -1.50. The molecule has 0 aromatic carbocycles. The van der Waals surface area contributed by atoms with E-state index in [9.17, 15) is 4.79 Å². The third-order valence-electron chi connectivity index (χ3n) is 3.94. The number of hydrogen-bond donors (Lipinski definition) is 2. The zero-order valence-corrected chi connectivity index (χ0v) is 16.2.